The van der Waals surface area contributed by atoms with Gasteiger partial charge in [0.2, 0.25) is 0 Å². The molecule has 0 fully saturated rings. The first-order valence-corrected chi connectivity index (χ1v) is 10.5. The van der Waals surface area contributed by atoms with Crippen LogP contribution in [0.25, 0.3) is 11.3 Å². The van der Waals surface area contributed by atoms with Crippen LogP contribution in [0.1, 0.15) is 29.8 Å². The molecule has 0 amide bonds. The van der Waals surface area contributed by atoms with Crippen molar-refractivity contribution in [3.8, 4) is 11.3 Å². The highest BCUT2D eigenvalue weighted by molar-refractivity contribution is 7.16. The smallest absolute Gasteiger partial charge is 0.186 e. The highest BCUT2D eigenvalue weighted by Gasteiger charge is 2.24. The number of hydrogen-bond acceptors (Lipinski definition) is 4. The van der Waals surface area contributed by atoms with Crippen LogP contribution in [0, 0.1) is 6.92 Å². The van der Waals surface area contributed by atoms with E-state index in [0.717, 1.165) is 39.8 Å². The Hall–Kier alpha value is -1.59. The number of hydrogen-bond donors (Lipinski definition) is 1. The molecule has 0 saturated carbocycles. The zero-order valence-electron chi connectivity index (χ0n) is 15.3. The van der Waals surface area contributed by atoms with E-state index in [4.69, 9.17) is 28.2 Å². The Morgan fingerprint density at radius 1 is 1.15 bits per heavy atom. The maximum atomic E-state index is 10.1. The number of aryl methyl sites for hydroxylation is 1. The molecule has 0 aliphatic carbocycles. The molecule has 1 unspecified atom stereocenters. The standard InChI is InChI=1S/C21H22Cl2N2OS/c1-3-11-25(19(13-26)15-7-5-4-6-8-15)21-24-20(14(2)27-21)17-10-9-16(22)12-18(17)23/h4-10,12,19,26H,3,11,13H2,1-2H3. The second-order valence-corrected chi connectivity index (χ2v) is 8.35. The van der Waals surface area contributed by atoms with Gasteiger partial charge in [-0.25, -0.2) is 4.98 Å². The Labute approximate surface area is 174 Å². The first-order valence-electron chi connectivity index (χ1n) is 8.90. The second-order valence-electron chi connectivity index (χ2n) is 6.33. The number of rotatable bonds is 7. The molecule has 0 spiro atoms. The molecule has 1 atom stereocenters. The van der Waals surface area contributed by atoms with Crippen LogP contribution in [0.5, 0.6) is 0 Å². The molecule has 3 rings (SSSR count). The van der Waals surface area contributed by atoms with Gasteiger partial charge in [0, 0.05) is 22.0 Å². The average molecular weight is 421 g/mol. The average Bonchev–Trinajstić information content (AvgIpc) is 3.04. The third kappa shape index (κ3) is 4.46. The minimum atomic E-state index is -0.134. The van der Waals surface area contributed by atoms with Crippen LogP contribution >= 0.6 is 34.5 Å². The lowest BCUT2D eigenvalue weighted by Gasteiger charge is -2.30. The SMILES string of the molecule is CCCN(c1nc(-c2ccc(Cl)cc2Cl)c(C)s1)C(CO)c1ccccc1. The molecule has 1 aromatic heterocycles. The second kappa shape index (κ2) is 9.07. The Balaban J connectivity index is 2.02. The monoisotopic (exact) mass is 420 g/mol. The number of aliphatic hydroxyl groups excluding tert-OH is 1. The number of anilines is 1. The molecule has 0 radical (unpaired) electrons. The third-order valence-corrected chi connectivity index (χ3v) is 5.97. The van der Waals surface area contributed by atoms with E-state index in [0.29, 0.717) is 10.0 Å². The Morgan fingerprint density at radius 3 is 2.52 bits per heavy atom. The summed E-state index contributed by atoms with van der Waals surface area (Å²) in [7, 11) is 0. The van der Waals surface area contributed by atoms with Gasteiger partial charge in [0.05, 0.1) is 23.4 Å². The van der Waals surface area contributed by atoms with Gasteiger partial charge in [-0.1, -0.05) is 60.5 Å². The highest BCUT2D eigenvalue weighted by Crippen LogP contribution is 2.39. The van der Waals surface area contributed by atoms with Crippen LogP contribution in [-0.4, -0.2) is 23.2 Å². The quantitative estimate of drug-likeness (QED) is 0.481. The maximum Gasteiger partial charge on any atom is 0.186 e. The molecule has 3 aromatic rings. The molecule has 27 heavy (non-hydrogen) atoms. The van der Waals surface area contributed by atoms with E-state index in [1.54, 1.807) is 17.4 Å². The number of aromatic nitrogens is 1. The van der Waals surface area contributed by atoms with E-state index in [1.165, 1.54) is 0 Å². The van der Waals surface area contributed by atoms with Crippen molar-refractivity contribution in [2.45, 2.75) is 26.3 Å². The van der Waals surface area contributed by atoms with Crippen molar-refractivity contribution in [2.24, 2.45) is 0 Å². The summed E-state index contributed by atoms with van der Waals surface area (Å²) in [6.45, 7) is 5.01. The summed E-state index contributed by atoms with van der Waals surface area (Å²) in [6.07, 6.45) is 0.957. The molecule has 1 heterocycles. The topological polar surface area (TPSA) is 36.4 Å². The van der Waals surface area contributed by atoms with Gasteiger partial charge in [0.15, 0.2) is 5.13 Å². The fourth-order valence-corrected chi connectivity index (χ4v) is 4.62. The Bertz CT molecular complexity index is 898. The van der Waals surface area contributed by atoms with Gasteiger partial charge >= 0.3 is 0 Å². The predicted molar refractivity (Wildman–Crippen MR) is 116 cm³/mol. The number of aliphatic hydroxyl groups is 1. The molecule has 2 aromatic carbocycles. The summed E-state index contributed by atoms with van der Waals surface area (Å²) in [5.41, 5.74) is 2.81. The predicted octanol–water partition coefficient (Wildman–Crippen LogP) is 6.38. The number of benzene rings is 2. The van der Waals surface area contributed by atoms with E-state index in [2.05, 4.69) is 11.8 Å². The number of thiazole rings is 1. The summed E-state index contributed by atoms with van der Waals surface area (Å²) in [5, 5.41) is 12.2. The van der Waals surface area contributed by atoms with Crippen LogP contribution in [0.3, 0.4) is 0 Å². The van der Waals surface area contributed by atoms with Gasteiger partial charge in [0.1, 0.15) is 0 Å². The third-order valence-electron chi connectivity index (χ3n) is 4.42. The van der Waals surface area contributed by atoms with Crippen LogP contribution in [0.15, 0.2) is 48.5 Å². The van der Waals surface area contributed by atoms with Crippen molar-refractivity contribution in [2.75, 3.05) is 18.1 Å². The molecule has 6 heteroatoms. The molecule has 0 bridgehead atoms. The Morgan fingerprint density at radius 2 is 1.89 bits per heavy atom. The lowest BCUT2D eigenvalue weighted by Crippen LogP contribution is -2.31. The van der Waals surface area contributed by atoms with E-state index >= 15 is 0 Å². The first-order chi connectivity index (χ1) is 13.0. The summed E-state index contributed by atoms with van der Waals surface area (Å²) in [6, 6.07) is 15.4. The first kappa shape index (κ1) is 20.2. The van der Waals surface area contributed by atoms with Crippen molar-refractivity contribution >= 4 is 39.7 Å². The van der Waals surface area contributed by atoms with Gasteiger partial charge in [-0.15, -0.1) is 11.3 Å². The number of halogens is 2. The van der Waals surface area contributed by atoms with Crippen LogP contribution < -0.4 is 4.90 Å². The van der Waals surface area contributed by atoms with E-state index in [1.807, 2.05) is 49.4 Å². The minimum Gasteiger partial charge on any atom is -0.394 e. The number of nitrogens with zero attached hydrogens (tertiary/aromatic N) is 2. The van der Waals surface area contributed by atoms with Crippen molar-refractivity contribution in [1.29, 1.82) is 0 Å². The largest absolute Gasteiger partial charge is 0.394 e. The molecular weight excluding hydrogens is 399 g/mol. The molecule has 142 valence electrons. The zero-order valence-corrected chi connectivity index (χ0v) is 17.7. The maximum absolute atomic E-state index is 10.1. The van der Waals surface area contributed by atoms with Gasteiger partial charge in [-0.3, -0.25) is 0 Å². The minimum absolute atomic E-state index is 0.0275. The van der Waals surface area contributed by atoms with Crippen molar-refractivity contribution < 1.29 is 5.11 Å². The molecule has 0 aliphatic rings. The fraction of sp³-hybridized carbons (Fsp3) is 0.286. The van der Waals surface area contributed by atoms with E-state index in [9.17, 15) is 5.11 Å². The summed E-state index contributed by atoms with van der Waals surface area (Å²) >= 11 is 14.0. The molecular formula is C21H22Cl2N2OS. The summed E-state index contributed by atoms with van der Waals surface area (Å²) in [5.74, 6) is 0. The molecule has 0 aliphatic heterocycles. The summed E-state index contributed by atoms with van der Waals surface area (Å²) < 4.78 is 0. The lowest BCUT2D eigenvalue weighted by atomic mass is 10.1. The van der Waals surface area contributed by atoms with Crippen LogP contribution in [-0.2, 0) is 0 Å². The summed E-state index contributed by atoms with van der Waals surface area (Å²) in [4.78, 5) is 8.15. The zero-order chi connectivity index (χ0) is 19.4. The van der Waals surface area contributed by atoms with Gasteiger partial charge in [0.25, 0.3) is 0 Å². The Kier molecular flexibility index (Phi) is 6.77. The molecule has 0 saturated heterocycles. The van der Waals surface area contributed by atoms with Gasteiger partial charge in [-0.2, -0.15) is 0 Å². The van der Waals surface area contributed by atoms with Gasteiger partial charge in [-0.05, 0) is 37.1 Å². The fourth-order valence-electron chi connectivity index (χ4n) is 3.12. The lowest BCUT2D eigenvalue weighted by molar-refractivity contribution is 0.260. The normalized spacial score (nSPS) is 12.2. The molecule has 3 nitrogen and oxygen atoms in total. The van der Waals surface area contributed by atoms with Crippen molar-refractivity contribution in [1.82, 2.24) is 4.98 Å². The van der Waals surface area contributed by atoms with Crippen LogP contribution in [0.4, 0.5) is 5.13 Å². The molecule has 1 N–H and O–H groups in total. The van der Waals surface area contributed by atoms with Crippen LogP contribution in [0.2, 0.25) is 10.0 Å². The highest BCUT2D eigenvalue weighted by atomic mass is 35.5. The van der Waals surface area contributed by atoms with Crippen molar-refractivity contribution in [3.05, 3.63) is 69.0 Å². The van der Waals surface area contributed by atoms with Gasteiger partial charge < -0.3 is 10.0 Å². The van der Waals surface area contributed by atoms with E-state index in [-0.39, 0.29) is 12.6 Å². The van der Waals surface area contributed by atoms with Crippen molar-refractivity contribution in [3.63, 3.8) is 0 Å². The van der Waals surface area contributed by atoms with E-state index < -0.39 is 0 Å².